The smallest absolute Gasteiger partial charge is 0.224 e. The fourth-order valence-electron chi connectivity index (χ4n) is 1.67. The first-order valence-electron chi connectivity index (χ1n) is 4.58. The van der Waals surface area contributed by atoms with E-state index in [1.165, 1.54) is 0 Å². The van der Waals surface area contributed by atoms with Crippen LogP contribution in [0.3, 0.4) is 0 Å². The number of nitriles is 1. The van der Waals surface area contributed by atoms with E-state index in [4.69, 9.17) is 28.5 Å². The maximum atomic E-state index is 11.5. The summed E-state index contributed by atoms with van der Waals surface area (Å²) in [5, 5.41) is 10.8. The van der Waals surface area contributed by atoms with E-state index in [-0.39, 0.29) is 18.4 Å². The van der Waals surface area contributed by atoms with Crippen molar-refractivity contribution in [1.29, 1.82) is 5.26 Å². The number of hydrogen-bond donors (Lipinski definition) is 1. The number of nitrogens with one attached hydrogen (secondary N) is 1. The molecule has 5 heteroatoms. The van der Waals surface area contributed by atoms with E-state index >= 15 is 0 Å². The Kier molecular flexibility index (Phi) is 4.03. The maximum absolute atomic E-state index is 11.5. The van der Waals surface area contributed by atoms with Crippen LogP contribution in [0.5, 0.6) is 0 Å². The minimum Gasteiger partial charge on any atom is -0.343 e. The molecular weight excluding hydrogens is 223 g/mol. The standard InChI is InChI=1S/C9H12Cl2N2O/c10-9(11)3-1-2-7(6-9)8(14)13-5-4-12/h7H,1-3,5-6H2,(H,13,14). The van der Waals surface area contributed by atoms with Gasteiger partial charge in [0, 0.05) is 5.92 Å². The van der Waals surface area contributed by atoms with Gasteiger partial charge in [-0.3, -0.25) is 4.79 Å². The topological polar surface area (TPSA) is 52.9 Å². The molecule has 1 unspecified atom stereocenters. The zero-order valence-electron chi connectivity index (χ0n) is 7.72. The molecule has 1 aliphatic carbocycles. The summed E-state index contributed by atoms with van der Waals surface area (Å²) in [5.41, 5.74) is 0. The van der Waals surface area contributed by atoms with Crippen LogP contribution in [0.25, 0.3) is 0 Å². The van der Waals surface area contributed by atoms with Gasteiger partial charge in [0.15, 0.2) is 0 Å². The Hall–Kier alpha value is -0.460. The average Bonchev–Trinajstić information content (AvgIpc) is 2.12. The molecule has 0 bridgehead atoms. The van der Waals surface area contributed by atoms with Gasteiger partial charge in [0.2, 0.25) is 5.91 Å². The third-order valence-electron chi connectivity index (χ3n) is 2.35. The number of nitrogens with zero attached hydrogens (tertiary/aromatic N) is 1. The molecule has 1 rings (SSSR count). The van der Waals surface area contributed by atoms with E-state index in [2.05, 4.69) is 5.32 Å². The van der Waals surface area contributed by atoms with Gasteiger partial charge in [-0.25, -0.2) is 0 Å². The van der Waals surface area contributed by atoms with Gasteiger partial charge in [-0.2, -0.15) is 5.26 Å². The predicted molar refractivity (Wildman–Crippen MR) is 55.0 cm³/mol. The Labute approximate surface area is 93.4 Å². The van der Waals surface area contributed by atoms with Gasteiger partial charge in [-0.15, -0.1) is 23.2 Å². The molecule has 0 aliphatic heterocycles. The van der Waals surface area contributed by atoms with Crippen molar-refractivity contribution in [2.75, 3.05) is 6.54 Å². The van der Waals surface area contributed by atoms with Gasteiger partial charge in [0.25, 0.3) is 0 Å². The van der Waals surface area contributed by atoms with Crippen molar-refractivity contribution in [3.05, 3.63) is 0 Å². The lowest BCUT2D eigenvalue weighted by molar-refractivity contribution is -0.125. The molecule has 0 heterocycles. The van der Waals surface area contributed by atoms with Gasteiger partial charge in [-0.05, 0) is 25.7 Å². The molecule has 1 fully saturated rings. The highest BCUT2D eigenvalue weighted by Gasteiger charge is 2.35. The van der Waals surface area contributed by atoms with Crippen molar-refractivity contribution in [2.45, 2.75) is 30.0 Å². The molecule has 0 spiro atoms. The Morgan fingerprint density at radius 1 is 1.64 bits per heavy atom. The number of rotatable bonds is 2. The van der Waals surface area contributed by atoms with Crippen LogP contribution in [0.1, 0.15) is 25.7 Å². The summed E-state index contributed by atoms with van der Waals surface area (Å²) in [7, 11) is 0. The van der Waals surface area contributed by atoms with Crippen LogP contribution in [0.15, 0.2) is 0 Å². The van der Waals surface area contributed by atoms with Crippen molar-refractivity contribution in [1.82, 2.24) is 5.32 Å². The second kappa shape index (κ2) is 4.86. The molecule has 0 aromatic rings. The SMILES string of the molecule is N#CCNC(=O)C1CCCC(Cl)(Cl)C1. The first-order chi connectivity index (χ1) is 6.55. The number of hydrogen-bond acceptors (Lipinski definition) is 2. The lowest BCUT2D eigenvalue weighted by atomic mass is 9.88. The van der Waals surface area contributed by atoms with E-state index in [1.807, 2.05) is 6.07 Å². The molecule has 0 saturated heterocycles. The lowest BCUT2D eigenvalue weighted by Crippen LogP contribution is -2.36. The van der Waals surface area contributed by atoms with E-state index in [9.17, 15) is 4.79 Å². The largest absolute Gasteiger partial charge is 0.343 e. The Morgan fingerprint density at radius 2 is 2.36 bits per heavy atom. The summed E-state index contributed by atoms with van der Waals surface area (Å²) in [6.07, 6.45) is 2.88. The molecule has 0 aromatic carbocycles. The first kappa shape index (κ1) is 11.6. The second-order valence-corrected chi connectivity index (χ2v) is 5.17. The van der Waals surface area contributed by atoms with Crippen molar-refractivity contribution in [3.63, 3.8) is 0 Å². The summed E-state index contributed by atoms with van der Waals surface area (Å²) in [6.45, 7) is 0.0485. The second-order valence-electron chi connectivity index (χ2n) is 3.53. The zero-order valence-corrected chi connectivity index (χ0v) is 9.24. The summed E-state index contributed by atoms with van der Waals surface area (Å²) in [4.78, 5) is 11.5. The first-order valence-corrected chi connectivity index (χ1v) is 5.33. The van der Waals surface area contributed by atoms with Gasteiger partial charge in [-0.1, -0.05) is 0 Å². The van der Waals surface area contributed by atoms with Crippen molar-refractivity contribution in [3.8, 4) is 6.07 Å². The summed E-state index contributed by atoms with van der Waals surface area (Å²) < 4.78 is -0.771. The van der Waals surface area contributed by atoms with Crippen molar-refractivity contribution < 1.29 is 4.79 Å². The van der Waals surface area contributed by atoms with Crippen LogP contribution in [-0.2, 0) is 4.79 Å². The molecule has 1 N–H and O–H groups in total. The van der Waals surface area contributed by atoms with Crippen LogP contribution < -0.4 is 5.32 Å². The minimum absolute atomic E-state index is 0.0485. The molecule has 14 heavy (non-hydrogen) atoms. The summed E-state index contributed by atoms with van der Waals surface area (Å²) >= 11 is 11.9. The quantitative estimate of drug-likeness (QED) is 0.587. The molecule has 1 saturated carbocycles. The highest BCUT2D eigenvalue weighted by molar-refractivity contribution is 6.48. The fourth-order valence-corrected chi connectivity index (χ4v) is 2.31. The normalized spacial score (nSPS) is 25.1. The Balaban J connectivity index is 2.44. The number of alkyl halides is 2. The third kappa shape index (κ3) is 3.36. The molecular formula is C9H12Cl2N2O. The average molecular weight is 235 g/mol. The molecule has 3 nitrogen and oxygen atoms in total. The minimum atomic E-state index is -0.771. The molecule has 1 atom stereocenters. The molecule has 78 valence electrons. The molecule has 1 amide bonds. The van der Waals surface area contributed by atoms with Crippen LogP contribution >= 0.6 is 23.2 Å². The molecule has 0 aromatic heterocycles. The van der Waals surface area contributed by atoms with Gasteiger partial charge >= 0.3 is 0 Å². The molecule has 0 radical (unpaired) electrons. The number of carbonyl (C=O) groups excluding carboxylic acids is 1. The number of carbonyl (C=O) groups is 1. The Bertz CT molecular complexity index is 260. The monoisotopic (exact) mass is 234 g/mol. The van der Waals surface area contributed by atoms with E-state index < -0.39 is 4.33 Å². The van der Waals surface area contributed by atoms with E-state index in [0.29, 0.717) is 6.42 Å². The fraction of sp³-hybridized carbons (Fsp3) is 0.778. The van der Waals surface area contributed by atoms with Crippen LogP contribution in [0.4, 0.5) is 0 Å². The van der Waals surface area contributed by atoms with Crippen molar-refractivity contribution in [2.24, 2.45) is 5.92 Å². The summed E-state index contributed by atoms with van der Waals surface area (Å²) in [5.74, 6) is -0.260. The molecule has 1 aliphatic rings. The van der Waals surface area contributed by atoms with Crippen molar-refractivity contribution >= 4 is 29.1 Å². The van der Waals surface area contributed by atoms with Crippen LogP contribution in [0.2, 0.25) is 0 Å². The highest BCUT2D eigenvalue weighted by atomic mass is 35.5. The highest BCUT2D eigenvalue weighted by Crippen LogP contribution is 2.40. The maximum Gasteiger partial charge on any atom is 0.224 e. The van der Waals surface area contributed by atoms with E-state index in [1.54, 1.807) is 0 Å². The van der Waals surface area contributed by atoms with Crippen LogP contribution in [-0.4, -0.2) is 16.8 Å². The third-order valence-corrected chi connectivity index (χ3v) is 3.04. The van der Waals surface area contributed by atoms with Gasteiger partial charge < -0.3 is 5.32 Å². The lowest BCUT2D eigenvalue weighted by Gasteiger charge is -2.30. The zero-order chi connectivity index (χ0) is 10.6. The Morgan fingerprint density at radius 3 is 2.93 bits per heavy atom. The predicted octanol–water partition coefficient (Wildman–Crippen LogP) is 1.99. The van der Waals surface area contributed by atoms with Gasteiger partial charge in [0.1, 0.15) is 10.9 Å². The summed E-state index contributed by atoms with van der Waals surface area (Å²) in [6, 6.07) is 1.86. The number of amides is 1. The van der Waals surface area contributed by atoms with Gasteiger partial charge in [0.05, 0.1) is 6.07 Å². The number of halogens is 2. The van der Waals surface area contributed by atoms with Crippen LogP contribution in [0, 0.1) is 17.2 Å². The van der Waals surface area contributed by atoms with E-state index in [0.717, 1.165) is 19.3 Å².